The van der Waals surface area contributed by atoms with Crippen LogP contribution in [0.25, 0.3) is 5.69 Å². The summed E-state index contributed by atoms with van der Waals surface area (Å²) in [6, 6.07) is 14.4. The Bertz CT molecular complexity index is 1140. The van der Waals surface area contributed by atoms with Crippen LogP contribution in [0.2, 0.25) is 0 Å². The zero-order chi connectivity index (χ0) is 21.8. The van der Waals surface area contributed by atoms with Crippen LogP contribution < -0.4 is 0 Å². The maximum atomic E-state index is 12.6. The lowest BCUT2D eigenvalue weighted by Gasteiger charge is -2.14. The van der Waals surface area contributed by atoms with Gasteiger partial charge in [-0.25, -0.2) is 9.59 Å². The summed E-state index contributed by atoms with van der Waals surface area (Å²) in [6.45, 7) is 3.62. The van der Waals surface area contributed by atoms with Gasteiger partial charge in [0.25, 0.3) is 0 Å². The van der Waals surface area contributed by atoms with Gasteiger partial charge in [-0.2, -0.15) is 0 Å². The van der Waals surface area contributed by atoms with Gasteiger partial charge < -0.3 is 14.8 Å². The summed E-state index contributed by atoms with van der Waals surface area (Å²) in [5, 5.41) is 18.5. The predicted octanol–water partition coefficient (Wildman–Crippen LogP) is 3.79. The van der Waals surface area contributed by atoms with E-state index in [1.807, 2.05) is 26.0 Å². The van der Waals surface area contributed by atoms with Gasteiger partial charge >= 0.3 is 11.9 Å². The zero-order valence-electron chi connectivity index (χ0n) is 16.5. The fourth-order valence-corrected chi connectivity index (χ4v) is 3.16. The molecule has 0 spiro atoms. The van der Waals surface area contributed by atoms with E-state index in [-0.39, 0.29) is 23.5 Å². The van der Waals surface area contributed by atoms with Crippen LogP contribution in [0.1, 0.15) is 48.0 Å². The molecule has 3 aromatic rings. The third-order valence-electron chi connectivity index (χ3n) is 4.70. The first-order valence-corrected chi connectivity index (χ1v) is 9.17. The van der Waals surface area contributed by atoms with E-state index >= 15 is 0 Å². The Morgan fingerprint density at radius 1 is 0.867 bits per heavy atom. The molecule has 0 aliphatic rings. The van der Waals surface area contributed by atoms with Crippen molar-refractivity contribution in [3.8, 4) is 5.69 Å². The summed E-state index contributed by atoms with van der Waals surface area (Å²) in [5.74, 6) is -2.34. The number of Topliss-reactive ketones (excluding diaryl/α,β-unsaturated/α-hetero) is 1. The molecule has 7 heteroatoms. The number of carbonyl (C=O) groups is 3. The number of carboxylic acids is 2. The van der Waals surface area contributed by atoms with Crippen LogP contribution in [0.3, 0.4) is 0 Å². The summed E-state index contributed by atoms with van der Waals surface area (Å²) in [7, 11) is 0. The van der Waals surface area contributed by atoms with E-state index in [1.54, 1.807) is 22.8 Å². The second-order valence-corrected chi connectivity index (χ2v) is 6.81. The molecule has 0 bridgehead atoms. The van der Waals surface area contributed by atoms with Crippen molar-refractivity contribution >= 4 is 23.9 Å². The molecule has 0 aliphatic carbocycles. The number of aliphatic imine (C=N–C) groups is 1. The number of carbonyl (C=O) groups excluding carboxylic acids is 1. The van der Waals surface area contributed by atoms with Gasteiger partial charge in [0.1, 0.15) is 6.54 Å². The lowest BCUT2D eigenvalue weighted by Crippen LogP contribution is -2.11. The van der Waals surface area contributed by atoms with Crippen LogP contribution in [0.5, 0.6) is 0 Å². The average molecular weight is 404 g/mol. The molecule has 0 fully saturated rings. The van der Waals surface area contributed by atoms with E-state index in [1.165, 1.54) is 30.5 Å². The highest BCUT2D eigenvalue weighted by Crippen LogP contribution is 2.22. The van der Waals surface area contributed by atoms with Gasteiger partial charge in [0, 0.05) is 23.2 Å². The van der Waals surface area contributed by atoms with Crippen LogP contribution >= 0.6 is 0 Å². The molecule has 0 saturated carbocycles. The summed E-state index contributed by atoms with van der Waals surface area (Å²) in [6.07, 6.45) is 1.50. The Kier molecular flexibility index (Phi) is 5.92. The van der Waals surface area contributed by atoms with Gasteiger partial charge in [-0.05, 0) is 55.8 Å². The first kappa shape index (κ1) is 20.7. The molecule has 0 radical (unpaired) electrons. The Labute approximate surface area is 172 Å². The number of aromatic carboxylic acids is 2. The highest BCUT2D eigenvalue weighted by Gasteiger charge is 2.17. The van der Waals surface area contributed by atoms with E-state index in [0.717, 1.165) is 11.4 Å². The first-order chi connectivity index (χ1) is 14.3. The Morgan fingerprint density at radius 3 is 2.03 bits per heavy atom. The van der Waals surface area contributed by atoms with Crippen LogP contribution in [-0.4, -0.2) is 45.3 Å². The smallest absolute Gasteiger partial charge is 0.337 e. The minimum Gasteiger partial charge on any atom is -0.478 e. The molecule has 2 N–H and O–H groups in total. The Hall–Kier alpha value is -4.00. The molecule has 0 atom stereocenters. The third kappa shape index (κ3) is 4.35. The fraction of sp³-hybridized carbons (Fsp3) is 0.130. The highest BCUT2D eigenvalue weighted by atomic mass is 16.4. The highest BCUT2D eigenvalue weighted by molar-refractivity contribution is 6.01. The van der Waals surface area contributed by atoms with Gasteiger partial charge in [0.05, 0.1) is 16.8 Å². The SMILES string of the molecule is Cc1ccc(C)n1-c1cc(C(=O)CN=Cc2ccc(C(=O)O)cc2)ccc1C(=O)O. The molecule has 30 heavy (non-hydrogen) atoms. The number of carboxylic acid groups (broad SMARTS) is 2. The molecule has 2 aromatic carbocycles. The molecule has 3 rings (SSSR count). The fourth-order valence-electron chi connectivity index (χ4n) is 3.16. The minimum atomic E-state index is -1.07. The molecule has 0 amide bonds. The van der Waals surface area contributed by atoms with Crippen LogP contribution in [0.15, 0.2) is 59.6 Å². The number of hydrogen-bond donors (Lipinski definition) is 2. The van der Waals surface area contributed by atoms with Crippen molar-refractivity contribution in [3.63, 3.8) is 0 Å². The third-order valence-corrected chi connectivity index (χ3v) is 4.70. The van der Waals surface area contributed by atoms with Gasteiger partial charge in [-0.3, -0.25) is 9.79 Å². The van der Waals surface area contributed by atoms with Gasteiger partial charge in [0.2, 0.25) is 0 Å². The summed E-state index contributed by atoms with van der Waals surface area (Å²) < 4.78 is 1.80. The standard InChI is InChI=1S/C23H20N2O5/c1-14-3-4-15(2)25(14)20-11-18(9-10-19(20)23(29)30)21(26)13-24-12-16-5-7-17(8-6-16)22(27)28/h3-12H,13H2,1-2H3,(H,27,28)(H,29,30). The van der Waals surface area contributed by atoms with Crippen molar-refractivity contribution in [1.29, 1.82) is 0 Å². The normalized spacial score (nSPS) is 11.0. The first-order valence-electron chi connectivity index (χ1n) is 9.17. The molecular formula is C23H20N2O5. The number of nitrogens with zero attached hydrogens (tertiary/aromatic N) is 2. The van der Waals surface area contributed by atoms with Crippen molar-refractivity contribution in [1.82, 2.24) is 4.57 Å². The number of rotatable bonds is 7. The maximum Gasteiger partial charge on any atom is 0.337 e. The van der Waals surface area contributed by atoms with E-state index in [4.69, 9.17) is 5.11 Å². The molecule has 0 saturated heterocycles. The monoisotopic (exact) mass is 404 g/mol. The van der Waals surface area contributed by atoms with Gasteiger partial charge in [-0.15, -0.1) is 0 Å². The lowest BCUT2D eigenvalue weighted by molar-refractivity contribution is 0.0686. The number of aromatic nitrogens is 1. The molecule has 0 aliphatic heterocycles. The summed E-state index contributed by atoms with van der Waals surface area (Å²) >= 11 is 0. The van der Waals surface area contributed by atoms with Crippen molar-refractivity contribution in [2.75, 3.05) is 6.54 Å². The topological polar surface area (TPSA) is 109 Å². The van der Waals surface area contributed by atoms with Crippen molar-refractivity contribution in [2.24, 2.45) is 4.99 Å². The van der Waals surface area contributed by atoms with Gasteiger partial charge in [-0.1, -0.05) is 18.2 Å². The average Bonchev–Trinajstić information content (AvgIpc) is 3.05. The summed E-state index contributed by atoms with van der Waals surface area (Å²) in [5.41, 5.74) is 3.47. The summed E-state index contributed by atoms with van der Waals surface area (Å²) in [4.78, 5) is 39.3. The number of ketones is 1. The van der Waals surface area contributed by atoms with Gasteiger partial charge in [0.15, 0.2) is 5.78 Å². The molecule has 7 nitrogen and oxygen atoms in total. The maximum absolute atomic E-state index is 12.6. The number of benzene rings is 2. The van der Waals surface area contributed by atoms with Crippen molar-refractivity contribution in [3.05, 3.63) is 88.2 Å². The molecule has 1 aromatic heterocycles. The molecule has 152 valence electrons. The number of aryl methyl sites for hydroxylation is 2. The van der Waals surface area contributed by atoms with Crippen LogP contribution in [0, 0.1) is 13.8 Å². The van der Waals surface area contributed by atoms with E-state index in [2.05, 4.69) is 4.99 Å². The van der Waals surface area contributed by atoms with Crippen molar-refractivity contribution < 1.29 is 24.6 Å². The second-order valence-electron chi connectivity index (χ2n) is 6.81. The predicted molar refractivity (Wildman–Crippen MR) is 112 cm³/mol. The quantitative estimate of drug-likeness (QED) is 0.460. The minimum absolute atomic E-state index is 0.107. The van der Waals surface area contributed by atoms with Crippen LogP contribution in [-0.2, 0) is 0 Å². The molecule has 0 unspecified atom stereocenters. The Balaban J connectivity index is 1.83. The van der Waals surface area contributed by atoms with Crippen molar-refractivity contribution in [2.45, 2.75) is 13.8 Å². The lowest BCUT2D eigenvalue weighted by atomic mass is 10.0. The molecule has 1 heterocycles. The van der Waals surface area contributed by atoms with E-state index < -0.39 is 11.9 Å². The Morgan fingerprint density at radius 2 is 1.47 bits per heavy atom. The molecular weight excluding hydrogens is 384 g/mol. The zero-order valence-corrected chi connectivity index (χ0v) is 16.5. The number of hydrogen-bond acceptors (Lipinski definition) is 4. The van der Waals surface area contributed by atoms with E-state index in [9.17, 15) is 19.5 Å². The van der Waals surface area contributed by atoms with E-state index in [0.29, 0.717) is 16.8 Å². The largest absolute Gasteiger partial charge is 0.478 e. The van der Waals surface area contributed by atoms with Crippen LogP contribution in [0.4, 0.5) is 0 Å². The second kappa shape index (κ2) is 8.57.